The quantitative estimate of drug-likeness (QED) is 0.852. The van der Waals surface area contributed by atoms with Crippen LogP contribution < -0.4 is 10.2 Å². The number of nitrogens with zero attached hydrogens (tertiary/aromatic N) is 1. The highest BCUT2D eigenvalue weighted by Gasteiger charge is 2.34. The van der Waals surface area contributed by atoms with E-state index in [1.54, 1.807) is 12.1 Å². The normalized spacial score (nSPS) is 15.6. The number of alkyl halides is 3. The smallest absolute Gasteiger partial charge is 0.372 e. The molecule has 2 nitrogen and oxygen atoms in total. The molecule has 0 unspecified atom stereocenters. The van der Waals surface area contributed by atoms with Gasteiger partial charge in [0.2, 0.25) is 0 Å². The number of nitrogens with one attached hydrogen (secondary N) is 1. The first kappa shape index (κ1) is 16.1. The maximum Gasteiger partial charge on any atom is 0.416 e. The predicted molar refractivity (Wildman–Crippen MR) is 79.4 cm³/mol. The zero-order chi connectivity index (χ0) is 15.6. The highest BCUT2D eigenvalue weighted by Crippen LogP contribution is 2.37. The van der Waals surface area contributed by atoms with Gasteiger partial charge in [-0.15, -0.1) is 0 Å². The van der Waals surface area contributed by atoms with Crippen LogP contribution in [0, 0.1) is 5.92 Å². The summed E-state index contributed by atoms with van der Waals surface area (Å²) in [7, 11) is 1.86. The highest BCUT2D eigenvalue weighted by atomic mass is 19.4. The summed E-state index contributed by atoms with van der Waals surface area (Å²) in [5.41, 5.74) is 0.442. The molecule has 0 radical (unpaired) electrons. The molecule has 1 aliphatic rings. The molecular formula is C16H23F3N2. The lowest BCUT2D eigenvalue weighted by atomic mass is 10.0. The molecule has 118 valence electrons. The molecule has 1 saturated carbocycles. The Morgan fingerprint density at radius 3 is 2.48 bits per heavy atom. The van der Waals surface area contributed by atoms with Crippen molar-refractivity contribution in [1.29, 1.82) is 0 Å². The van der Waals surface area contributed by atoms with Gasteiger partial charge in [0.05, 0.1) is 5.56 Å². The van der Waals surface area contributed by atoms with Crippen molar-refractivity contribution in [3.05, 3.63) is 29.3 Å². The van der Waals surface area contributed by atoms with Crippen LogP contribution in [0.1, 0.15) is 37.8 Å². The number of rotatable bonds is 6. The van der Waals surface area contributed by atoms with Crippen LogP contribution in [0.5, 0.6) is 0 Å². The number of anilines is 1. The average Bonchev–Trinajstić information content (AvgIpc) is 3.20. The van der Waals surface area contributed by atoms with Gasteiger partial charge < -0.3 is 10.2 Å². The Balaban J connectivity index is 2.19. The number of hydrogen-bond acceptors (Lipinski definition) is 2. The van der Waals surface area contributed by atoms with E-state index in [0.29, 0.717) is 29.8 Å². The van der Waals surface area contributed by atoms with Gasteiger partial charge in [-0.05, 0) is 43.0 Å². The molecule has 0 aliphatic heterocycles. The predicted octanol–water partition coefficient (Wildman–Crippen LogP) is 4.05. The minimum Gasteiger partial charge on any atom is -0.372 e. The zero-order valence-corrected chi connectivity index (χ0v) is 12.8. The van der Waals surface area contributed by atoms with Gasteiger partial charge in [-0.25, -0.2) is 0 Å². The molecule has 1 aliphatic carbocycles. The molecule has 1 aromatic rings. The molecule has 1 N–H and O–H groups in total. The Bertz CT molecular complexity index is 479. The van der Waals surface area contributed by atoms with Gasteiger partial charge in [0, 0.05) is 25.3 Å². The van der Waals surface area contributed by atoms with Crippen LogP contribution in [0.3, 0.4) is 0 Å². The molecule has 0 heterocycles. The van der Waals surface area contributed by atoms with Gasteiger partial charge in [0.25, 0.3) is 0 Å². The summed E-state index contributed by atoms with van der Waals surface area (Å²) in [6.45, 7) is 5.03. The lowest BCUT2D eigenvalue weighted by Crippen LogP contribution is -2.23. The molecule has 0 saturated heterocycles. The molecule has 1 aromatic carbocycles. The maximum absolute atomic E-state index is 13.2. The second-order valence-electron chi connectivity index (χ2n) is 6.21. The molecule has 0 spiro atoms. The minimum absolute atomic E-state index is 0.250. The fourth-order valence-corrected chi connectivity index (χ4v) is 2.37. The summed E-state index contributed by atoms with van der Waals surface area (Å²) < 4.78 is 39.7. The van der Waals surface area contributed by atoms with E-state index in [-0.39, 0.29) is 6.54 Å². The van der Waals surface area contributed by atoms with Crippen molar-refractivity contribution < 1.29 is 13.2 Å². The van der Waals surface area contributed by atoms with Crippen LogP contribution in [-0.4, -0.2) is 19.6 Å². The Morgan fingerprint density at radius 2 is 1.95 bits per heavy atom. The summed E-state index contributed by atoms with van der Waals surface area (Å²) in [5, 5.41) is 3.08. The zero-order valence-electron chi connectivity index (χ0n) is 12.8. The molecule has 0 atom stereocenters. The summed E-state index contributed by atoms with van der Waals surface area (Å²) in [6, 6.07) is 5.07. The average molecular weight is 300 g/mol. The molecule has 0 bridgehead atoms. The second-order valence-corrected chi connectivity index (χ2v) is 6.21. The Hall–Kier alpha value is -1.23. The number of benzene rings is 1. The fraction of sp³-hybridized carbons (Fsp3) is 0.625. The lowest BCUT2D eigenvalue weighted by Gasteiger charge is -2.22. The largest absolute Gasteiger partial charge is 0.416 e. The Labute approximate surface area is 124 Å². The van der Waals surface area contributed by atoms with Crippen molar-refractivity contribution in [3.63, 3.8) is 0 Å². The maximum atomic E-state index is 13.2. The Morgan fingerprint density at radius 1 is 1.29 bits per heavy atom. The first-order chi connectivity index (χ1) is 9.79. The van der Waals surface area contributed by atoms with E-state index in [4.69, 9.17) is 0 Å². The third-order valence-electron chi connectivity index (χ3n) is 3.77. The Kier molecular flexibility index (Phi) is 4.81. The van der Waals surface area contributed by atoms with E-state index >= 15 is 0 Å². The highest BCUT2D eigenvalue weighted by molar-refractivity contribution is 5.53. The molecule has 5 heteroatoms. The van der Waals surface area contributed by atoms with Crippen LogP contribution in [0.2, 0.25) is 0 Å². The third-order valence-corrected chi connectivity index (χ3v) is 3.77. The van der Waals surface area contributed by atoms with Gasteiger partial charge in [0.15, 0.2) is 0 Å². The summed E-state index contributed by atoms with van der Waals surface area (Å²) in [6.07, 6.45) is -2.18. The summed E-state index contributed by atoms with van der Waals surface area (Å²) in [5.74, 6) is 0.416. The fourth-order valence-electron chi connectivity index (χ4n) is 2.37. The van der Waals surface area contributed by atoms with Crippen LogP contribution in [0.4, 0.5) is 18.9 Å². The number of halogens is 3. The van der Waals surface area contributed by atoms with Crippen LogP contribution in [0.15, 0.2) is 18.2 Å². The van der Waals surface area contributed by atoms with Crippen molar-refractivity contribution >= 4 is 5.69 Å². The van der Waals surface area contributed by atoms with Crippen molar-refractivity contribution in [2.75, 3.05) is 18.5 Å². The van der Waals surface area contributed by atoms with Gasteiger partial charge in [-0.2, -0.15) is 13.2 Å². The first-order valence-corrected chi connectivity index (χ1v) is 7.42. The summed E-state index contributed by atoms with van der Waals surface area (Å²) in [4.78, 5) is 1.95. The van der Waals surface area contributed by atoms with Gasteiger partial charge in [-0.3, -0.25) is 0 Å². The molecule has 0 amide bonds. The van der Waals surface area contributed by atoms with Crippen molar-refractivity contribution in [1.82, 2.24) is 5.32 Å². The van der Waals surface area contributed by atoms with Gasteiger partial charge in [0.1, 0.15) is 0 Å². The molecule has 21 heavy (non-hydrogen) atoms. The first-order valence-electron chi connectivity index (χ1n) is 7.42. The van der Waals surface area contributed by atoms with E-state index in [1.165, 1.54) is 6.07 Å². The molecule has 2 rings (SSSR count). The van der Waals surface area contributed by atoms with E-state index in [1.807, 2.05) is 25.8 Å². The van der Waals surface area contributed by atoms with Crippen molar-refractivity contribution in [3.8, 4) is 0 Å². The molecular weight excluding hydrogens is 277 g/mol. The third kappa shape index (κ3) is 4.37. The standard InChI is InChI=1S/C16H23F3N2/c1-11(2)9-20-10-12-4-5-14(21(3)13-6-7-13)8-15(12)16(17,18)19/h4-5,8,11,13,20H,6-7,9-10H2,1-3H3. The van der Waals surface area contributed by atoms with Gasteiger partial charge in [-0.1, -0.05) is 19.9 Å². The van der Waals surface area contributed by atoms with E-state index in [2.05, 4.69) is 5.32 Å². The van der Waals surface area contributed by atoms with Crippen LogP contribution in [-0.2, 0) is 12.7 Å². The van der Waals surface area contributed by atoms with Crippen molar-refractivity contribution in [2.24, 2.45) is 5.92 Å². The minimum atomic E-state index is -4.31. The molecule has 0 aromatic heterocycles. The van der Waals surface area contributed by atoms with E-state index < -0.39 is 11.7 Å². The molecule has 1 fully saturated rings. The second kappa shape index (κ2) is 6.26. The monoisotopic (exact) mass is 300 g/mol. The topological polar surface area (TPSA) is 15.3 Å². The lowest BCUT2D eigenvalue weighted by molar-refractivity contribution is -0.138. The summed E-state index contributed by atoms with van der Waals surface area (Å²) >= 11 is 0. The van der Waals surface area contributed by atoms with E-state index in [9.17, 15) is 13.2 Å². The van der Waals surface area contributed by atoms with Gasteiger partial charge >= 0.3 is 6.18 Å². The van der Waals surface area contributed by atoms with Crippen LogP contribution >= 0.6 is 0 Å². The SMILES string of the molecule is CC(C)CNCc1ccc(N(C)C2CC2)cc1C(F)(F)F. The van der Waals surface area contributed by atoms with Crippen LogP contribution in [0.25, 0.3) is 0 Å². The van der Waals surface area contributed by atoms with E-state index in [0.717, 1.165) is 12.8 Å². The van der Waals surface area contributed by atoms with Crippen molar-refractivity contribution in [2.45, 2.75) is 45.5 Å². The number of hydrogen-bond donors (Lipinski definition) is 1.